The molecule has 0 amide bonds. The summed E-state index contributed by atoms with van der Waals surface area (Å²) in [5.74, 6) is 0. The van der Waals surface area contributed by atoms with Gasteiger partial charge in [0.2, 0.25) is 0 Å². The monoisotopic (exact) mass is 469 g/mol. The lowest BCUT2D eigenvalue weighted by Gasteiger charge is -2.30. The first kappa shape index (κ1) is 22.5. The van der Waals surface area contributed by atoms with Gasteiger partial charge in [-0.1, -0.05) is 78.4 Å². The normalized spacial score (nSPS) is 17.2. The summed E-state index contributed by atoms with van der Waals surface area (Å²) < 4.78 is 30.5. The molecule has 0 aromatic heterocycles. The molecule has 2 aliphatic rings. The van der Waals surface area contributed by atoms with Gasteiger partial charge in [-0.15, -0.1) is 0 Å². The van der Waals surface area contributed by atoms with Gasteiger partial charge in [-0.3, -0.25) is 4.55 Å². The first-order chi connectivity index (χ1) is 16.3. The van der Waals surface area contributed by atoms with Crippen molar-refractivity contribution in [2.75, 3.05) is 0 Å². The maximum Gasteiger partial charge on any atom is 0.294 e. The molecule has 1 atom stereocenters. The summed E-state index contributed by atoms with van der Waals surface area (Å²) >= 11 is 0. The molecular formula is C29H27NO3S. The minimum Gasteiger partial charge on any atom is -0.324 e. The smallest absolute Gasteiger partial charge is 0.294 e. The maximum atomic E-state index is 10.8. The van der Waals surface area contributed by atoms with Gasteiger partial charge in [0.15, 0.2) is 0 Å². The molecule has 0 aliphatic heterocycles. The van der Waals surface area contributed by atoms with Gasteiger partial charge in [0.1, 0.15) is 0 Å². The van der Waals surface area contributed by atoms with Gasteiger partial charge in [0.05, 0.1) is 4.90 Å². The van der Waals surface area contributed by atoms with Crippen molar-refractivity contribution in [2.45, 2.75) is 37.1 Å². The van der Waals surface area contributed by atoms with Gasteiger partial charge in [0.25, 0.3) is 10.1 Å². The largest absolute Gasteiger partial charge is 0.324 e. The molecule has 0 bridgehead atoms. The number of rotatable bonds is 1. The molecule has 6 rings (SSSR count). The average molecular weight is 470 g/mol. The first-order valence-corrected chi connectivity index (χ1v) is 12.9. The first-order valence-electron chi connectivity index (χ1n) is 11.5. The second-order valence-corrected chi connectivity index (χ2v) is 10.4. The van der Waals surface area contributed by atoms with Crippen molar-refractivity contribution in [3.63, 3.8) is 0 Å². The zero-order chi connectivity index (χ0) is 23.9. The van der Waals surface area contributed by atoms with Gasteiger partial charge in [-0.05, 0) is 82.1 Å². The van der Waals surface area contributed by atoms with Crippen LogP contribution in [-0.2, 0) is 10.1 Å². The van der Waals surface area contributed by atoms with Crippen molar-refractivity contribution < 1.29 is 13.0 Å². The maximum absolute atomic E-state index is 10.8. The van der Waals surface area contributed by atoms with E-state index in [1.54, 1.807) is 17.7 Å². The summed E-state index contributed by atoms with van der Waals surface area (Å²) in [5, 5.41) is 4.41. The highest BCUT2D eigenvalue weighted by Gasteiger charge is 2.26. The van der Waals surface area contributed by atoms with Crippen LogP contribution < -0.4 is 5.73 Å². The Kier molecular flexibility index (Phi) is 5.86. The number of benzene rings is 4. The molecule has 34 heavy (non-hydrogen) atoms. The summed E-state index contributed by atoms with van der Waals surface area (Å²) in [6.45, 7) is 2.17. The minimum absolute atomic E-state index is 0.0730. The van der Waals surface area contributed by atoms with Crippen molar-refractivity contribution in [3.8, 4) is 0 Å². The summed E-state index contributed by atoms with van der Waals surface area (Å²) in [6, 6.07) is 23.1. The molecule has 1 unspecified atom stereocenters. The van der Waals surface area contributed by atoms with Crippen molar-refractivity contribution in [3.05, 3.63) is 107 Å². The second kappa shape index (κ2) is 8.84. The Labute approximate surface area is 200 Å². The van der Waals surface area contributed by atoms with Crippen LogP contribution in [0.15, 0.2) is 95.4 Å². The Hall–Kier alpha value is -3.25. The molecule has 0 saturated heterocycles. The van der Waals surface area contributed by atoms with E-state index in [1.807, 2.05) is 18.2 Å². The molecule has 4 aromatic rings. The summed E-state index contributed by atoms with van der Waals surface area (Å²) in [6.07, 6.45) is 7.93. The Morgan fingerprint density at radius 1 is 0.912 bits per heavy atom. The van der Waals surface area contributed by atoms with E-state index in [-0.39, 0.29) is 10.9 Å². The number of allylic oxidation sites excluding steroid dienone is 3. The third-order valence-corrected chi connectivity index (χ3v) is 7.60. The number of nitrogens with two attached hydrogens (primary N) is 1. The van der Waals surface area contributed by atoms with E-state index >= 15 is 0 Å². The van der Waals surface area contributed by atoms with Crippen LogP contribution in [0.1, 0.15) is 42.0 Å². The van der Waals surface area contributed by atoms with E-state index in [4.69, 9.17) is 10.3 Å². The topological polar surface area (TPSA) is 80.4 Å². The standard InChI is InChI=1S/C19H19N.C10H8O3S/c1-12-5-4-8-16-14(12)9-10-17-15-7-3-2-6-13(15)11-18(20)19(16)17;11-14(12,13)10-6-5-8-3-1-2-4-9(8)7-10/h3-5,7-10,18H,2,6,11,20H2,1H3;1-7H,(H,11,12,13). The van der Waals surface area contributed by atoms with Crippen LogP contribution in [-0.4, -0.2) is 13.0 Å². The Balaban J connectivity index is 0.000000152. The van der Waals surface area contributed by atoms with Crippen LogP contribution in [0.5, 0.6) is 0 Å². The molecule has 0 heterocycles. The molecule has 0 spiro atoms. The molecule has 0 saturated carbocycles. The van der Waals surface area contributed by atoms with Crippen LogP contribution in [0, 0.1) is 6.92 Å². The zero-order valence-corrected chi connectivity index (χ0v) is 19.8. The molecule has 4 aromatic carbocycles. The fourth-order valence-corrected chi connectivity index (χ4v) is 5.59. The van der Waals surface area contributed by atoms with Crippen molar-refractivity contribution in [1.29, 1.82) is 0 Å². The van der Waals surface area contributed by atoms with E-state index in [0.717, 1.165) is 23.6 Å². The molecule has 2 aliphatic carbocycles. The van der Waals surface area contributed by atoms with E-state index < -0.39 is 10.1 Å². The quantitative estimate of drug-likeness (QED) is 0.303. The third kappa shape index (κ3) is 4.18. The molecular weight excluding hydrogens is 442 g/mol. The van der Waals surface area contributed by atoms with E-state index in [0.29, 0.717) is 0 Å². The SMILES string of the molecule is Cc1cccc2c3c(ccc12)C1=C(CCC=C1)CC3N.O=S(=O)(O)c1ccc2ccccc2c1. The fraction of sp³-hybridized carbons (Fsp3) is 0.172. The van der Waals surface area contributed by atoms with Gasteiger partial charge in [0, 0.05) is 6.04 Å². The molecule has 5 heteroatoms. The number of hydrogen-bond donors (Lipinski definition) is 2. The summed E-state index contributed by atoms with van der Waals surface area (Å²) in [4.78, 5) is -0.0730. The molecule has 0 radical (unpaired) electrons. The van der Waals surface area contributed by atoms with Crippen molar-refractivity contribution >= 4 is 37.2 Å². The van der Waals surface area contributed by atoms with Gasteiger partial charge < -0.3 is 5.73 Å². The third-order valence-electron chi connectivity index (χ3n) is 6.75. The predicted octanol–water partition coefficient (Wildman–Crippen LogP) is 6.74. The lowest BCUT2D eigenvalue weighted by atomic mass is 9.77. The van der Waals surface area contributed by atoms with Crippen molar-refractivity contribution in [1.82, 2.24) is 0 Å². The van der Waals surface area contributed by atoms with Crippen LogP contribution in [0.4, 0.5) is 0 Å². The van der Waals surface area contributed by atoms with Crippen LogP contribution in [0.3, 0.4) is 0 Å². The van der Waals surface area contributed by atoms with Crippen molar-refractivity contribution in [2.24, 2.45) is 5.73 Å². The van der Waals surface area contributed by atoms with E-state index in [9.17, 15) is 8.42 Å². The van der Waals surface area contributed by atoms with E-state index in [1.165, 1.54) is 51.6 Å². The van der Waals surface area contributed by atoms with Gasteiger partial charge in [-0.25, -0.2) is 0 Å². The number of fused-ring (bicyclic) bond motifs is 5. The van der Waals surface area contributed by atoms with Gasteiger partial charge in [-0.2, -0.15) is 8.42 Å². The molecule has 172 valence electrons. The second-order valence-electron chi connectivity index (χ2n) is 8.95. The van der Waals surface area contributed by atoms with Crippen LogP contribution in [0.2, 0.25) is 0 Å². The molecule has 0 fully saturated rings. The highest BCUT2D eigenvalue weighted by molar-refractivity contribution is 7.85. The van der Waals surface area contributed by atoms with E-state index in [2.05, 4.69) is 49.4 Å². The zero-order valence-electron chi connectivity index (χ0n) is 19.0. The lowest BCUT2D eigenvalue weighted by molar-refractivity contribution is 0.483. The van der Waals surface area contributed by atoms with Crippen LogP contribution >= 0.6 is 0 Å². The Bertz CT molecular complexity index is 1580. The molecule has 4 nitrogen and oxygen atoms in total. The Morgan fingerprint density at radius 2 is 1.71 bits per heavy atom. The summed E-state index contributed by atoms with van der Waals surface area (Å²) in [7, 11) is -4.09. The minimum atomic E-state index is -4.09. The van der Waals surface area contributed by atoms with Crippen LogP contribution in [0.25, 0.3) is 27.1 Å². The highest BCUT2D eigenvalue weighted by Crippen LogP contribution is 2.43. The lowest BCUT2D eigenvalue weighted by Crippen LogP contribution is -2.19. The van der Waals surface area contributed by atoms with Gasteiger partial charge >= 0.3 is 0 Å². The fourth-order valence-electron chi connectivity index (χ4n) is 5.07. The summed E-state index contributed by atoms with van der Waals surface area (Å²) in [5.41, 5.74) is 13.5. The molecule has 3 N–H and O–H groups in total. The number of aryl methyl sites for hydroxylation is 1. The predicted molar refractivity (Wildman–Crippen MR) is 139 cm³/mol. The average Bonchev–Trinajstić information content (AvgIpc) is 2.83. The Morgan fingerprint density at radius 3 is 2.50 bits per heavy atom. The highest BCUT2D eigenvalue weighted by atomic mass is 32.2. The number of hydrogen-bond acceptors (Lipinski definition) is 3.